The lowest BCUT2D eigenvalue weighted by atomic mass is 10.0. The summed E-state index contributed by atoms with van der Waals surface area (Å²) in [5.74, 6) is 3.16. The molecule has 2 aromatic rings. The Morgan fingerprint density at radius 3 is 2.76 bits per heavy atom. The Balaban J connectivity index is 1.38. The highest BCUT2D eigenvalue weighted by molar-refractivity contribution is 5.76. The van der Waals surface area contributed by atoms with Gasteiger partial charge in [-0.3, -0.25) is 4.79 Å². The van der Waals surface area contributed by atoms with Crippen molar-refractivity contribution >= 4 is 5.91 Å². The van der Waals surface area contributed by atoms with Crippen LogP contribution >= 0.6 is 0 Å². The molecule has 128 valence electrons. The first-order chi connectivity index (χ1) is 12.2. The van der Waals surface area contributed by atoms with E-state index in [1.165, 1.54) is 0 Å². The molecule has 1 aromatic heterocycles. The van der Waals surface area contributed by atoms with Crippen LogP contribution in [0.2, 0.25) is 0 Å². The predicted molar refractivity (Wildman–Crippen MR) is 93.5 cm³/mol. The number of oxazole rings is 1. The quantitative estimate of drug-likeness (QED) is 0.713. The number of terminal acetylenes is 1. The van der Waals surface area contributed by atoms with E-state index in [0.717, 1.165) is 17.7 Å². The summed E-state index contributed by atoms with van der Waals surface area (Å²) in [7, 11) is 0. The van der Waals surface area contributed by atoms with E-state index in [-0.39, 0.29) is 5.91 Å². The zero-order chi connectivity index (χ0) is 17.5. The van der Waals surface area contributed by atoms with Crippen molar-refractivity contribution in [1.82, 2.24) is 10.3 Å². The van der Waals surface area contributed by atoms with E-state index in [4.69, 9.17) is 10.8 Å². The van der Waals surface area contributed by atoms with Crippen molar-refractivity contribution < 1.29 is 9.21 Å². The second kappa shape index (κ2) is 7.75. The molecule has 0 saturated heterocycles. The first-order valence-electron chi connectivity index (χ1n) is 8.35. The SMILES string of the molecule is C#CCCC1(CCC(=O)NCCc2coc(-c3ccccc3)n2)N=N1. The van der Waals surface area contributed by atoms with E-state index < -0.39 is 5.66 Å². The topological polar surface area (TPSA) is 79.9 Å². The molecule has 0 fully saturated rings. The van der Waals surface area contributed by atoms with Crippen LogP contribution in [0.15, 0.2) is 51.2 Å². The van der Waals surface area contributed by atoms with Crippen molar-refractivity contribution in [2.24, 2.45) is 10.2 Å². The third-order valence-corrected chi connectivity index (χ3v) is 4.08. The number of carbonyl (C=O) groups excluding carboxylic acids is 1. The normalized spacial score (nSPS) is 14.0. The maximum atomic E-state index is 11.9. The summed E-state index contributed by atoms with van der Waals surface area (Å²) < 4.78 is 5.48. The van der Waals surface area contributed by atoms with E-state index >= 15 is 0 Å². The van der Waals surface area contributed by atoms with E-state index in [0.29, 0.717) is 38.1 Å². The molecule has 0 bridgehead atoms. The third-order valence-electron chi connectivity index (χ3n) is 4.08. The van der Waals surface area contributed by atoms with Crippen molar-refractivity contribution in [1.29, 1.82) is 0 Å². The van der Waals surface area contributed by atoms with E-state index in [2.05, 4.69) is 26.4 Å². The summed E-state index contributed by atoms with van der Waals surface area (Å²) in [5, 5.41) is 11.0. The molecule has 1 aliphatic rings. The Morgan fingerprint density at radius 1 is 1.24 bits per heavy atom. The monoisotopic (exact) mass is 336 g/mol. The number of aromatic nitrogens is 1. The number of rotatable bonds is 9. The van der Waals surface area contributed by atoms with Gasteiger partial charge in [0.2, 0.25) is 11.8 Å². The summed E-state index contributed by atoms with van der Waals surface area (Å²) in [6, 6.07) is 9.72. The van der Waals surface area contributed by atoms with Crippen LogP contribution in [0.3, 0.4) is 0 Å². The fraction of sp³-hybridized carbons (Fsp3) is 0.368. The molecule has 1 aliphatic heterocycles. The second-order valence-electron chi connectivity index (χ2n) is 6.00. The van der Waals surface area contributed by atoms with E-state index in [1.54, 1.807) is 6.26 Å². The standard InChI is InChI=1S/C19H20N4O2/c1-2-3-11-19(22-23-19)12-9-17(24)20-13-10-16-14-25-18(21-16)15-7-5-4-6-8-15/h1,4-8,14H,3,9-13H2,(H,20,24). The molecule has 0 atom stereocenters. The van der Waals surface area contributed by atoms with Crippen LogP contribution in [-0.2, 0) is 11.2 Å². The number of hydrogen-bond donors (Lipinski definition) is 1. The molecule has 0 spiro atoms. The van der Waals surface area contributed by atoms with Crippen molar-refractivity contribution in [2.45, 2.75) is 37.8 Å². The largest absolute Gasteiger partial charge is 0.444 e. The number of benzene rings is 1. The average Bonchev–Trinajstić information content (AvgIpc) is 3.26. The number of hydrogen-bond acceptors (Lipinski definition) is 5. The van der Waals surface area contributed by atoms with Crippen LogP contribution in [0.25, 0.3) is 11.5 Å². The van der Waals surface area contributed by atoms with Gasteiger partial charge in [0.15, 0.2) is 5.66 Å². The minimum Gasteiger partial charge on any atom is -0.444 e. The molecule has 6 heteroatoms. The summed E-state index contributed by atoms with van der Waals surface area (Å²) >= 11 is 0. The maximum Gasteiger partial charge on any atom is 0.226 e. The first kappa shape index (κ1) is 16.9. The molecular formula is C19H20N4O2. The maximum absolute atomic E-state index is 11.9. The first-order valence-corrected chi connectivity index (χ1v) is 8.35. The Kier molecular flexibility index (Phi) is 5.24. The van der Waals surface area contributed by atoms with Crippen LogP contribution in [0.1, 0.15) is 31.4 Å². The lowest BCUT2D eigenvalue weighted by Gasteiger charge is -2.08. The van der Waals surface area contributed by atoms with Gasteiger partial charge in [-0.2, -0.15) is 10.2 Å². The van der Waals surface area contributed by atoms with Gasteiger partial charge in [0.1, 0.15) is 6.26 Å². The molecule has 25 heavy (non-hydrogen) atoms. The molecule has 6 nitrogen and oxygen atoms in total. The lowest BCUT2D eigenvalue weighted by Crippen LogP contribution is -2.27. The zero-order valence-electron chi connectivity index (χ0n) is 13.9. The van der Waals surface area contributed by atoms with Crippen molar-refractivity contribution in [3.8, 4) is 23.8 Å². The van der Waals surface area contributed by atoms with E-state index in [1.807, 2.05) is 30.3 Å². The molecule has 0 unspecified atom stereocenters. The molecule has 1 aromatic carbocycles. The van der Waals surface area contributed by atoms with Gasteiger partial charge >= 0.3 is 0 Å². The van der Waals surface area contributed by atoms with Gasteiger partial charge in [-0.15, -0.1) is 12.3 Å². The highest BCUT2D eigenvalue weighted by Crippen LogP contribution is 2.37. The Hall–Kier alpha value is -2.94. The van der Waals surface area contributed by atoms with Gasteiger partial charge in [0.05, 0.1) is 5.69 Å². The Morgan fingerprint density at radius 2 is 2.04 bits per heavy atom. The fourth-order valence-corrected chi connectivity index (χ4v) is 2.54. The highest BCUT2D eigenvalue weighted by Gasteiger charge is 2.39. The minimum absolute atomic E-state index is 0.0100. The lowest BCUT2D eigenvalue weighted by molar-refractivity contribution is -0.121. The molecule has 1 N–H and O–H groups in total. The summed E-state index contributed by atoms with van der Waals surface area (Å²) in [6.07, 6.45) is 9.87. The summed E-state index contributed by atoms with van der Waals surface area (Å²) in [4.78, 5) is 16.4. The predicted octanol–water partition coefficient (Wildman–Crippen LogP) is 3.36. The second-order valence-corrected chi connectivity index (χ2v) is 6.00. The van der Waals surface area contributed by atoms with Crippen LogP contribution in [-0.4, -0.2) is 23.1 Å². The van der Waals surface area contributed by atoms with Gasteiger partial charge in [-0.05, 0) is 12.1 Å². The molecule has 1 amide bonds. The smallest absolute Gasteiger partial charge is 0.226 e. The Bertz CT molecular complexity index is 783. The van der Waals surface area contributed by atoms with E-state index in [9.17, 15) is 4.79 Å². The van der Waals surface area contributed by atoms with Gasteiger partial charge in [-0.25, -0.2) is 4.98 Å². The zero-order valence-corrected chi connectivity index (χ0v) is 13.9. The van der Waals surface area contributed by atoms with Crippen LogP contribution in [0, 0.1) is 12.3 Å². The molecule has 0 radical (unpaired) electrons. The van der Waals surface area contributed by atoms with Crippen LogP contribution in [0.4, 0.5) is 0 Å². The summed E-state index contributed by atoms with van der Waals surface area (Å²) in [5.41, 5.74) is 1.35. The number of amides is 1. The van der Waals surface area contributed by atoms with Crippen LogP contribution < -0.4 is 5.32 Å². The number of nitrogens with one attached hydrogen (secondary N) is 1. The number of nitrogens with zero attached hydrogens (tertiary/aromatic N) is 3. The highest BCUT2D eigenvalue weighted by atomic mass is 16.3. The van der Waals surface area contributed by atoms with Crippen molar-refractivity contribution in [3.05, 3.63) is 42.3 Å². The van der Waals surface area contributed by atoms with Crippen molar-refractivity contribution in [2.75, 3.05) is 6.54 Å². The number of carbonyl (C=O) groups is 1. The Labute approximate surface area is 146 Å². The van der Waals surface area contributed by atoms with Gasteiger partial charge in [-0.1, -0.05) is 18.2 Å². The summed E-state index contributed by atoms with van der Waals surface area (Å²) in [6.45, 7) is 0.519. The van der Waals surface area contributed by atoms with Crippen molar-refractivity contribution in [3.63, 3.8) is 0 Å². The fourth-order valence-electron chi connectivity index (χ4n) is 2.54. The van der Waals surface area contributed by atoms with Gasteiger partial charge in [0.25, 0.3) is 0 Å². The minimum atomic E-state index is -0.402. The molecule has 0 aliphatic carbocycles. The molecule has 0 saturated carbocycles. The molecular weight excluding hydrogens is 316 g/mol. The third kappa shape index (κ3) is 4.77. The molecule has 2 heterocycles. The van der Waals surface area contributed by atoms with Gasteiger partial charge < -0.3 is 9.73 Å². The van der Waals surface area contributed by atoms with Gasteiger partial charge in [0, 0.05) is 44.2 Å². The average molecular weight is 336 g/mol. The molecule has 3 rings (SSSR count). The van der Waals surface area contributed by atoms with Crippen LogP contribution in [0.5, 0.6) is 0 Å².